The molecule has 0 aliphatic carbocycles. The number of rotatable bonds is 8. The van der Waals surface area contributed by atoms with E-state index in [1.807, 2.05) is 47.4 Å². The van der Waals surface area contributed by atoms with Gasteiger partial charge in [0, 0.05) is 29.9 Å². The van der Waals surface area contributed by atoms with Crippen LogP contribution in [0.1, 0.15) is 47.2 Å². The van der Waals surface area contributed by atoms with Crippen molar-refractivity contribution in [3.63, 3.8) is 0 Å². The lowest BCUT2D eigenvalue weighted by molar-refractivity contribution is -0.115. The Morgan fingerprint density at radius 2 is 1.97 bits per heavy atom. The molecule has 0 saturated carbocycles. The molecule has 0 spiro atoms. The van der Waals surface area contributed by atoms with Crippen LogP contribution in [0, 0.1) is 0 Å². The molecule has 1 amide bonds. The maximum atomic E-state index is 12.0. The van der Waals surface area contributed by atoms with E-state index in [0.29, 0.717) is 40.1 Å². The van der Waals surface area contributed by atoms with E-state index in [-0.39, 0.29) is 17.5 Å². The van der Waals surface area contributed by atoms with Gasteiger partial charge in [-0.25, -0.2) is 4.79 Å². The van der Waals surface area contributed by atoms with Crippen LogP contribution in [0.2, 0.25) is 0 Å². The minimum absolute atomic E-state index is 0.123. The van der Waals surface area contributed by atoms with Crippen LogP contribution in [-0.4, -0.2) is 34.2 Å². The number of hydrogen-bond acceptors (Lipinski definition) is 6. The van der Waals surface area contributed by atoms with Gasteiger partial charge in [-0.1, -0.05) is 25.1 Å². The van der Waals surface area contributed by atoms with E-state index in [4.69, 9.17) is 21.4 Å². The molecule has 39 heavy (non-hydrogen) atoms. The normalized spacial score (nSPS) is 16.6. The molecule has 5 rings (SSSR count). The van der Waals surface area contributed by atoms with E-state index < -0.39 is 12.0 Å². The monoisotopic (exact) mass is 542 g/mol. The predicted octanol–water partition coefficient (Wildman–Crippen LogP) is 5.57. The number of carbonyl (C=O) groups is 2. The lowest BCUT2D eigenvalue weighted by Gasteiger charge is -2.27. The zero-order chi connectivity index (χ0) is 27.5. The first-order chi connectivity index (χ1) is 18.9. The van der Waals surface area contributed by atoms with E-state index >= 15 is 0 Å². The van der Waals surface area contributed by atoms with Crippen molar-refractivity contribution in [2.75, 3.05) is 17.3 Å². The maximum Gasteiger partial charge on any atom is 0.335 e. The van der Waals surface area contributed by atoms with Gasteiger partial charge in [-0.05, 0) is 60.7 Å². The van der Waals surface area contributed by atoms with Crippen LogP contribution in [0.4, 0.5) is 11.4 Å². The predicted molar refractivity (Wildman–Crippen MR) is 151 cm³/mol. The average Bonchev–Trinajstić information content (AvgIpc) is 3.58. The van der Waals surface area contributed by atoms with Gasteiger partial charge < -0.3 is 29.8 Å². The summed E-state index contributed by atoms with van der Waals surface area (Å²) in [6, 6.07) is 20.6. The van der Waals surface area contributed by atoms with Gasteiger partial charge in [-0.15, -0.1) is 0 Å². The van der Waals surface area contributed by atoms with Crippen molar-refractivity contribution in [1.82, 2.24) is 10.3 Å². The number of amides is 1. The number of carboxylic acids is 1. The fourth-order valence-corrected chi connectivity index (χ4v) is 4.91. The summed E-state index contributed by atoms with van der Waals surface area (Å²) in [5, 5.41) is 16.1. The van der Waals surface area contributed by atoms with Crippen LogP contribution in [0.15, 0.2) is 83.4 Å². The standard InChI is InChI=1S/C29H26N4O5S/c1-3-25(34)31-20-11-10-19(16-24(20)37-2)33-27(26(32-29(33)39)21-9-4-5-14-30-21)23-13-12-22(38-23)17-7-6-8-18(15-17)28(35)36/h4-16,26-27H,3H2,1-2H3,(H,31,34)(H,32,39)(H,35,36)/t26-,27+/m1/s1. The highest BCUT2D eigenvalue weighted by molar-refractivity contribution is 7.80. The second-order valence-corrected chi connectivity index (χ2v) is 9.26. The van der Waals surface area contributed by atoms with Crippen LogP contribution >= 0.6 is 12.2 Å². The molecule has 1 aliphatic heterocycles. The Kier molecular flexibility index (Phi) is 7.29. The summed E-state index contributed by atoms with van der Waals surface area (Å²) in [5.74, 6) is 0.491. The third-order valence-electron chi connectivity index (χ3n) is 6.47. The van der Waals surface area contributed by atoms with Gasteiger partial charge in [-0.2, -0.15) is 0 Å². The number of anilines is 2. The summed E-state index contributed by atoms with van der Waals surface area (Å²) in [4.78, 5) is 30.0. The Labute approximate surface area is 230 Å². The first-order valence-electron chi connectivity index (χ1n) is 12.3. The summed E-state index contributed by atoms with van der Waals surface area (Å²) < 4.78 is 11.9. The van der Waals surface area contributed by atoms with Crippen molar-refractivity contribution in [3.8, 4) is 17.1 Å². The summed E-state index contributed by atoms with van der Waals surface area (Å²) in [5.41, 5.74) is 2.88. The Bertz CT molecular complexity index is 1540. The van der Waals surface area contributed by atoms with E-state index in [1.54, 1.807) is 44.5 Å². The molecule has 9 nitrogen and oxygen atoms in total. The molecule has 2 aromatic carbocycles. The van der Waals surface area contributed by atoms with Crippen LogP contribution < -0.4 is 20.3 Å². The van der Waals surface area contributed by atoms with Gasteiger partial charge in [0.05, 0.1) is 30.1 Å². The van der Waals surface area contributed by atoms with E-state index in [0.717, 1.165) is 11.4 Å². The number of aromatic carboxylic acids is 1. The summed E-state index contributed by atoms with van der Waals surface area (Å²) in [7, 11) is 1.54. The van der Waals surface area contributed by atoms with Crippen molar-refractivity contribution < 1.29 is 23.8 Å². The van der Waals surface area contributed by atoms with Crippen molar-refractivity contribution in [2.45, 2.75) is 25.4 Å². The number of thiocarbonyl (C=S) groups is 1. The maximum absolute atomic E-state index is 12.0. The van der Waals surface area contributed by atoms with Crippen molar-refractivity contribution in [2.24, 2.45) is 0 Å². The van der Waals surface area contributed by atoms with Gasteiger partial charge in [0.25, 0.3) is 0 Å². The molecule has 0 bridgehead atoms. The van der Waals surface area contributed by atoms with Crippen LogP contribution in [0.3, 0.4) is 0 Å². The molecule has 3 N–H and O–H groups in total. The van der Waals surface area contributed by atoms with Crippen LogP contribution in [-0.2, 0) is 4.79 Å². The van der Waals surface area contributed by atoms with E-state index in [1.165, 1.54) is 6.07 Å². The molecule has 3 heterocycles. The molecule has 1 aliphatic rings. The molecular weight excluding hydrogens is 516 g/mol. The second-order valence-electron chi connectivity index (χ2n) is 8.87. The molecule has 0 unspecified atom stereocenters. The minimum Gasteiger partial charge on any atom is -0.494 e. The van der Waals surface area contributed by atoms with Gasteiger partial charge in [0.2, 0.25) is 5.91 Å². The Morgan fingerprint density at radius 3 is 2.69 bits per heavy atom. The number of aromatic nitrogens is 1. The number of pyridine rings is 1. The van der Waals surface area contributed by atoms with Gasteiger partial charge in [0.1, 0.15) is 23.3 Å². The minimum atomic E-state index is -1.01. The Balaban J connectivity index is 1.57. The molecular formula is C29H26N4O5S. The van der Waals surface area contributed by atoms with Crippen molar-refractivity contribution in [1.29, 1.82) is 0 Å². The third-order valence-corrected chi connectivity index (χ3v) is 6.78. The number of hydrogen-bond donors (Lipinski definition) is 3. The lowest BCUT2D eigenvalue weighted by Crippen LogP contribution is -2.29. The Morgan fingerprint density at radius 1 is 1.13 bits per heavy atom. The number of ether oxygens (including phenoxy) is 1. The lowest BCUT2D eigenvalue weighted by atomic mass is 10.0. The molecule has 198 valence electrons. The summed E-state index contributed by atoms with van der Waals surface area (Å²) in [6.45, 7) is 1.78. The number of furan rings is 1. The number of nitrogens with one attached hydrogen (secondary N) is 2. The molecule has 2 aromatic heterocycles. The molecule has 0 radical (unpaired) electrons. The first-order valence-corrected chi connectivity index (χ1v) is 12.7. The molecule has 2 atom stereocenters. The number of benzene rings is 2. The summed E-state index contributed by atoms with van der Waals surface area (Å²) >= 11 is 5.79. The van der Waals surface area contributed by atoms with Crippen molar-refractivity contribution in [3.05, 3.63) is 96.0 Å². The van der Waals surface area contributed by atoms with Crippen molar-refractivity contribution >= 4 is 40.6 Å². The fourth-order valence-electron chi connectivity index (χ4n) is 4.57. The average molecular weight is 543 g/mol. The molecule has 10 heteroatoms. The smallest absolute Gasteiger partial charge is 0.335 e. The van der Waals surface area contributed by atoms with E-state index in [9.17, 15) is 14.7 Å². The number of carboxylic acid groups (broad SMARTS) is 1. The summed E-state index contributed by atoms with van der Waals surface area (Å²) in [6.07, 6.45) is 2.06. The number of methoxy groups -OCH3 is 1. The quantitative estimate of drug-likeness (QED) is 0.246. The van der Waals surface area contributed by atoms with Gasteiger partial charge in [-0.3, -0.25) is 9.78 Å². The highest BCUT2D eigenvalue weighted by Gasteiger charge is 2.42. The SMILES string of the molecule is CCC(=O)Nc1ccc(N2C(=S)N[C@H](c3ccccn3)[C@@H]2c2ccc(-c3cccc(C(=O)O)c3)o2)cc1OC. The molecule has 1 fully saturated rings. The fraction of sp³-hybridized carbons (Fsp3) is 0.172. The third kappa shape index (κ3) is 5.19. The first kappa shape index (κ1) is 25.9. The highest BCUT2D eigenvalue weighted by Crippen LogP contribution is 2.44. The largest absolute Gasteiger partial charge is 0.494 e. The van der Waals surface area contributed by atoms with Gasteiger partial charge in [0.15, 0.2) is 5.11 Å². The van der Waals surface area contributed by atoms with Gasteiger partial charge >= 0.3 is 5.97 Å². The number of carbonyl (C=O) groups excluding carboxylic acids is 1. The molecule has 4 aromatic rings. The van der Waals surface area contributed by atoms with Crippen LogP contribution in [0.25, 0.3) is 11.3 Å². The highest BCUT2D eigenvalue weighted by atomic mass is 32.1. The Hall–Kier alpha value is -4.70. The second kappa shape index (κ2) is 11.0. The zero-order valence-electron chi connectivity index (χ0n) is 21.3. The van der Waals surface area contributed by atoms with Crippen LogP contribution in [0.5, 0.6) is 5.75 Å². The molecule has 1 saturated heterocycles. The zero-order valence-corrected chi connectivity index (χ0v) is 22.1. The number of nitrogens with zero attached hydrogens (tertiary/aromatic N) is 2. The topological polar surface area (TPSA) is 117 Å². The van der Waals surface area contributed by atoms with E-state index in [2.05, 4.69) is 15.6 Å².